The lowest BCUT2D eigenvalue weighted by atomic mass is 10.2. The number of aromatic nitrogens is 1. The second-order valence-electron chi connectivity index (χ2n) is 5.67. The van der Waals surface area contributed by atoms with Crippen LogP contribution in [0.15, 0.2) is 47.3 Å². The highest BCUT2D eigenvalue weighted by molar-refractivity contribution is 7.07. The molecule has 0 amide bonds. The van der Waals surface area contributed by atoms with E-state index in [0.717, 1.165) is 34.1 Å². The molecule has 1 aromatic heterocycles. The van der Waals surface area contributed by atoms with Crippen molar-refractivity contribution in [2.75, 3.05) is 0 Å². The number of nitriles is 2. The van der Waals surface area contributed by atoms with E-state index >= 15 is 0 Å². The minimum absolute atomic E-state index is 0.0363. The number of rotatable bonds is 3. The van der Waals surface area contributed by atoms with Crippen molar-refractivity contribution in [3.63, 3.8) is 0 Å². The Morgan fingerprint density at radius 1 is 1.04 bits per heavy atom. The lowest BCUT2D eigenvalue weighted by Crippen LogP contribution is -2.32. The number of benzene rings is 2. The summed E-state index contributed by atoms with van der Waals surface area (Å²) in [6, 6.07) is 12.1. The molecule has 0 saturated carbocycles. The predicted octanol–water partition coefficient (Wildman–Crippen LogP) is 2.40. The molecule has 3 rings (SSSR count). The Balaban J connectivity index is 2.29. The maximum Gasteiger partial charge on any atom is 0.269 e. The van der Waals surface area contributed by atoms with E-state index in [-0.39, 0.29) is 21.3 Å². The van der Waals surface area contributed by atoms with Crippen LogP contribution in [0, 0.1) is 40.1 Å². The number of thiazole rings is 1. The van der Waals surface area contributed by atoms with Gasteiger partial charge in [0.05, 0.1) is 11.1 Å². The molecule has 4 nitrogen and oxygen atoms in total. The van der Waals surface area contributed by atoms with Crippen molar-refractivity contribution in [3.8, 4) is 12.1 Å². The molecule has 28 heavy (non-hydrogen) atoms. The molecule has 0 atom stereocenters. The molecule has 0 aliphatic carbocycles. The van der Waals surface area contributed by atoms with Crippen LogP contribution in [-0.4, -0.2) is 4.57 Å². The predicted molar refractivity (Wildman–Crippen MR) is 97.9 cm³/mol. The van der Waals surface area contributed by atoms with Gasteiger partial charge in [-0.25, -0.2) is 13.2 Å². The van der Waals surface area contributed by atoms with Crippen LogP contribution in [0.5, 0.6) is 0 Å². The van der Waals surface area contributed by atoms with Gasteiger partial charge < -0.3 is 0 Å². The minimum Gasteiger partial charge on any atom is -0.293 e. The average Bonchev–Trinajstić information content (AvgIpc) is 2.97. The largest absolute Gasteiger partial charge is 0.293 e. The molecule has 0 bridgehead atoms. The first kappa shape index (κ1) is 19.2. The van der Waals surface area contributed by atoms with E-state index in [4.69, 9.17) is 0 Å². The third kappa shape index (κ3) is 3.73. The third-order valence-corrected chi connectivity index (χ3v) is 5.00. The first-order valence-corrected chi connectivity index (χ1v) is 8.70. The van der Waals surface area contributed by atoms with Crippen LogP contribution in [0.4, 0.5) is 13.2 Å². The summed E-state index contributed by atoms with van der Waals surface area (Å²) in [5.74, 6) is -2.14. The zero-order valence-electron chi connectivity index (χ0n) is 14.1. The van der Waals surface area contributed by atoms with Crippen molar-refractivity contribution in [2.24, 2.45) is 0 Å². The number of hydrogen-bond donors (Lipinski definition) is 0. The average molecular weight is 397 g/mol. The molecule has 0 unspecified atom stereocenters. The fourth-order valence-electron chi connectivity index (χ4n) is 2.52. The van der Waals surface area contributed by atoms with Crippen LogP contribution in [-0.2, 0) is 6.54 Å². The third-order valence-electron chi connectivity index (χ3n) is 3.87. The molecular formula is C20H10F3N3OS. The van der Waals surface area contributed by atoms with Crippen LogP contribution < -0.4 is 14.8 Å². The molecule has 0 aliphatic heterocycles. The highest BCUT2D eigenvalue weighted by Gasteiger charge is 2.12. The van der Waals surface area contributed by atoms with E-state index < -0.39 is 28.6 Å². The molecule has 2 aromatic carbocycles. The van der Waals surface area contributed by atoms with Crippen LogP contribution in [0.1, 0.15) is 11.1 Å². The fourth-order valence-corrected chi connectivity index (χ4v) is 3.56. The lowest BCUT2D eigenvalue weighted by Gasteiger charge is -2.02. The zero-order valence-corrected chi connectivity index (χ0v) is 14.9. The van der Waals surface area contributed by atoms with Crippen molar-refractivity contribution in [1.29, 1.82) is 10.5 Å². The van der Waals surface area contributed by atoms with Gasteiger partial charge in [-0.15, -0.1) is 11.3 Å². The van der Waals surface area contributed by atoms with Crippen LogP contribution in [0.25, 0.3) is 11.6 Å². The Morgan fingerprint density at radius 3 is 2.21 bits per heavy atom. The second-order valence-corrected chi connectivity index (χ2v) is 6.70. The monoisotopic (exact) mass is 397 g/mol. The summed E-state index contributed by atoms with van der Waals surface area (Å²) < 4.78 is 42.1. The van der Waals surface area contributed by atoms with Gasteiger partial charge in [-0.2, -0.15) is 10.5 Å². The van der Waals surface area contributed by atoms with Gasteiger partial charge in [0.2, 0.25) is 0 Å². The first-order chi connectivity index (χ1) is 13.4. The molecule has 138 valence electrons. The van der Waals surface area contributed by atoms with Crippen LogP contribution in [0.2, 0.25) is 0 Å². The summed E-state index contributed by atoms with van der Waals surface area (Å²) in [4.78, 5) is 12.8. The van der Waals surface area contributed by atoms with Gasteiger partial charge in [-0.3, -0.25) is 9.36 Å². The Kier molecular flexibility index (Phi) is 5.44. The Morgan fingerprint density at radius 2 is 1.64 bits per heavy atom. The quantitative estimate of drug-likeness (QED) is 0.682. The molecule has 0 radical (unpaired) electrons. The molecule has 0 aliphatic rings. The van der Waals surface area contributed by atoms with Crippen molar-refractivity contribution in [2.45, 2.75) is 6.54 Å². The fraction of sp³-hybridized carbons (Fsp3) is 0.0500. The van der Waals surface area contributed by atoms with Gasteiger partial charge >= 0.3 is 0 Å². The van der Waals surface area contributed by atoms with Gasteiger partial charge in [0.15, 0.2) is 5.57 Å². The first-order valence-electron chi connectivity index (χ1n) is 7.89. The Bertz CT molecular complexity index is 1270. The van der Waals surface area contributed by atoms with E-state index in [1.54, 1.807) is 12.1 Å². The van der Waals surface area contributed by atoms with Gasteiger partial charge in [-0.05, 0) is 35.9 Å². The van der Waals surface area contributed by atoms with Gasteiger partial charge in [-0.1, -0.05) is 18.2 Å². The van der Waals surface area contributed by atoms with Gasteiger partial charge in [0.1, 0.15) is 34.3 Å². The molecule has 1 heterocycles. The summed E-state index contributed by atoms with van der Waals surface area (Å²) in [6.45, 7) is -0.0363. The van der Waals surface area contributed by atoms with E-state index in [1.807, 2.05) is 0 Å². The van der Waals surface area contributed by atoms with Crippen molar-refractivity contribution < 1.29 is 13.2 Å². The summed E-state index contributed by atoms with van der Waals surface area (Å²) >= 11 is 0.783. The number of halogens is 3. The number of nitrogens with zero attached hydrogens (tertiary/aromatic N) is 3. The molecule has 3 aromatic rings. The van der Waals surface area contributed by atoms with E-state index in [0.29, 0.717) is 5.56 Å². The summed E-state index contributed by atoms with van der Waals surface area (Å²) in [7, 11) is 0. The second kappa shape index (κ2) is 7.95. The molecule has 8 heteroatoms. The molecular weight excluding hydrogens is 387 g/mol. The molecule has 0 spiro atoms. The number of hydrogen-bond acceptors (Lipinski definition) is 4. The zero-order chi connectivity index (χ0) is 20.3. The van der Waals surface area contributed by atoms with E-state index in [2.05, 4.69) is 0 Å². The van der Waals surface area contributed by atoms with Crippen molar-refractivity contribution >= 4 is 23.0 Å². The van der Waals surface area contributed by atoms with Crippen LogP contribution >= 0.6 is 11.3 Å². The maximum atomic E-state index is 13.9. The molecule has 0 saturated heterocycles. The van der Waals surface area contributed by atoms with Crippen molar-refractivity contribution in [3.05, 3.63) is 90.6 Å². The van der Waals surface area contributed by atoms with Crippen molar-refractivity contribution in [1.82, 2.24) is 4.57 Å². The van der Waals surface area contributed by atoms with E-state index in [1.165, 1.54) is 30.3 Å². The molecule has 0 N–H and O–H groups in total. The summed E-state index contributed by atoms with van der Waals surface area (Å²) in [6.07, 6.45) is 1.05. The Labute approximate surface area is 161 Å². The topological polar surface area (TPSA) is 69.6 Å². The lowest BCUT2D eigenvalue weighted by molar-refractivity contribution is 0.578. The Hall–Kier alpha value is -3.62. The standard InChI is InChI=1S/C20H10F3N3OS/c21-14-6-4-12(5-7-14)11-26-19(27)18(28-20(26)13(9-24)10-25)8-15-16(22)2-1-3-17(15)23/h1-8H,11H2. The molecule has 0 fully saturated rings. The highest BCUT2D eigenvalue weighted by Crippen LogP contribution is 2.12. The minimum atomic E-state index is -0.843. The van der Waals surface area contributed by atoms with Gasteiger partial charge in [0.25, 0.3) is 5.56 Å². The van der Waals surface area contributed by atoms with E-state index in [9.17, 15) is 28.5 Å². The smallest absolute Gasteiger partial charge is 0.269 e. The summed E-state index contributed by atoms with van der Waals surface area (Å²) in [5, 5.41) is 18.4. The van der Waals surface area contributed by atoms with Gasteiger partial charge in [0, 0.05) is 5.56 Å². The maximum absolute atomic E-state index is 13.9. The highest BCUT2D eigenvalue weighted by atomic mass is 32.1. The normalized spacial score (nSPS) is 11.1. The SMILES string of the molecule is N#CC(C#N)=c1sc(=Cc2c(F)cccc2F)c(=O)n1Cc1ccc(F)cc1. The summed E-state index contributed by atoms with van der Waals surface area (Å²) in [5.41, 5.74) is -0.758. The van der Waals surface area contributed by atoms with Crippen LogP contribution in [0.3, 0.4) is 0 Å².